The Kier molecular flexibility index (Phi) is 10.7. The van der Waals surface area contributed by atoms with E-state index in [1.165, 1.54) is 30.1 Å². The fourth-order valence-corrected chi connectivity index (χ4v) is 6.82. The average molecular weight is 659 g/mol. The van der Waals surface area contributed by atoms with Crippen LogP contribution < -0.4 is 9.62 Å². The molecule has 1 N–H and O–H groups in total. The molecule has 11 heteroatoms. The summed E-state index contributed by atoms with van der Waals surface area (Å²) in [6.45, 7) is 1.04. The molecular formula is C32H30Cl3N3O4S. The summed E-state index contributed by atoms with van der Waals surface area (Å²) >= 11 is 19.5. The molecule has 0 spiro atoms. The van der Waals surface area contributed by atoms with E-state index in [-0.39, 0.29) is 28.6 Å². The first-order valence-corrected chi connectivity index (χ1v) is 15.9. The zero-order chi connectivity index (χ0) is 31.1. The first-order chi connectivity index (χ1) is 20.5. The van der Waals surface area contributed by atoms with Crippen molar-refractivity contribution in [1.29, 1.82) is 0 Å². The molecule has 0 saturated carbocycles. The predicted molar refractivity (Wildman–Crippen MR) is 172 cm³/mol. The highest BCUT2D eigenvalue weighted by molar-refractivity contribution is 7.92. The number of carbonyl (C=O) groups is 2. The summed E-state index contributed by atoms with van der Waals surface area (Å²) in [7, 11) is -2.80. The number of para-hydroxylation sites is 1. The van der Waals surface area contributed by atoms with Crippen LogP contribution in [0.1, 0.15) is 16.7 Å². The third-order valence-electron chi connectivity index (χ3n) is 6.92. The lowest BCUT2D eigenvalue weighted by atomic mass is 10.0. The van der Waals surface area contributed by atoms with Crippen molar-refractivity contribution in [2.75, 3.05) is 17.9 Å². The van der Waals surface area contributed by atoms with Gasteiger partial charge in [-0.3, -0.25) is 13.9 Å². The zero-order valence-electron chi connectivity index (χ0n) is 23.5. The Morgan fingerprint density at radius 2 is 1.37 bits per heavy atom. The average Bonchev–Trinajstić information content (AvgIpc) is 2.99. The highest BCUT2D eigenvalue weighted by Crippen LogP contribution is 2.32. The number of benzene rings is 4. The monoisotopic (exact) mass is 657 g/mol. The maximum absolute atomic E-state index is 14.4. The molecule has 7 nitrogen and oxygen atoms in total. The van der Waals surface area contributed by atoms with E-state index in [1.807, 2.05) is 37.3 Å². The summed E-state index contributed by atoms with van der Waals surface area (Å²) < 4.78 is 29.1. The molecule has 224 valence electrons. The van der Waals surface area contributed by atoms with Gasteiger partial charge in [0.1, 0.15) is 12.6 Å². The van der Waals surface area contributed by atoms with Gasteiger partial charge in [-0.15, -0.1) is 0 Å². The predicted octanol–water partition coefficient (Wildman–Crippen LogP) is 6.54. The number of rotatable bonds is 11. The van der Waals surface area contributed by atoms with Gasteiger partial charge in [-0.25, -0.2) is 8.42 Å². The van der Waals surface area contributed by atoms with E-state index in [0.717, 1.165) is 15.4 Å². The lowest BCUT2D eigenvalue weighted by Gasteiger charge is -2.34. The van der Waals surface area contributed by atoms with Gasteiger partial charge in [0, 0.05) is 35.6 Å². The number of halogens is 3. The second kappa shape index (κ2) is 14.3. The third kappa shape index (κ3) is 7.70. The number of carbonyl (C=O) groups excluding carboxylic acids is 2. The number of likely N-dealkylation sites (N-methyl/N-ethyl adjacent to an activating group) is 1. The smallest absolute Gasteiger partial charge is 0.264 e. The molecule has 0 saturated heterocycles. The lowest BCUT2D eigenvalue weighted by Crippen LogP contribution is -2.53. The van der Waals surface area contributed by atoms with Gasteiger partial charge in [-0.05, 0) is 48.9 Å². The standard InChI is InChI=1S/C32H30Cl3N3O4S/c1-22-15-17-24(18-16-22)43(41,42)38(29-14-7-6-11-28(29)35)21-31(39)37(20-25-26(33)12-8-13-27(25)34)30(32(40)36-2)19-23-9-4-3-5-10-23/h3-18,30H,19-21H2,1-2H3,(H,36,40). The minimum atomic E-state index is -4.27. The molecule has 4 aromatic carbocycles. The number of hydrogen-bond acceptors (Lipinski definition) is 4. The number of hydrogen-bond donors (Lipinski definition) is 1. The largest absolute Gasteiger partial charge is 0.357 e. The first-order valence-electron chi connectivity index (χ1n) is 13.3. The van der Waals surface area contributed by atoms with E-state index < -0.39 is 34.4 Å². The lowest BCUT2D eigenvalue weighted by molar-refractivity contribution is -0.139. The number of amides is 2. The van der Waals surface area contributed by atoms with Crippen LogP contribution in [-0.2, 0) is 32.6 Å². The molecule has 1 atom stereocenters. The van der Waals surface area contributed by atoms with E-state index in [1.54, 1.807) is 48.5 Å². The molecule has 2 amide bonds. The molecule has 43 heavy (non-hydrogen) atoms. The van der Waals surface area contributed by atoms with Crippen LogP contribution in [0.2, 0.25) is 15.1 Å². The van der Waals surface area contributed by atoms with E-state index in [2.05, 4.69) is 5.32 Å². The third-order valence-corrected chi connectivity index (χ3v) is 9.72. The van der Waals surface area contributed by atoms with E-state index in [9.17, 15) is 18.0 Å². The summed E-state index contributed by atoms with van der Waals surface area (Å²) in [4.78, 5) is 29.0. The van der Waals surface area contributed by atoms with E-state index in [4.69, 9.17) is 34.8 Å². The van der Waals surface area contributed by atoms with Crippen molar-refractivity contribution in [2.24, 2.45) is 0 Å². The Morgan fingerprint density at radius 3 is 1.98 bits per heavy atom. The van der Waals surface area contributed by atoms with Crippen LogP contribution in [0.4, 0.5) is 5.69 Å². The summed E-state index contributed by atoms with van der Waals surface area (Å²) in [5.41, 5.74) is 2.21. The number of sulfonamides is 1. The van der Waals surface area contributed by atoms with Crippen LogP contribution in [-0.4, -0.2) is 44.8 Å². The molecule has 0 radical (unpaired) electrons. The van der Waals surface area contributed by atoms with Gasteiger partial charge in [0.05, 0.1) is 15.6 Å². The molecular weight excluding hydrogens is 629 g/mol. The highest BCUT2D eigenvalue weighted by atomic mass is 35.5. The molecule has 4 aromatic rings. The van der Waals surface area contributed by atoms with Gasteiger partial charge in [-0.2, -0.15) is 0 Å². The van der Waals surface area contributed by atoms with Crippen LogP contribution in [0.3, 0.4) is 0 Å². The van der Waals surface area contributed by atoms with Crippen LogP contribution >= 0.6 is 34.8 Å². The molecule has 1 unspecified atom stereocenters. The van der Waals surface area contributed by atoms with E-state index >= 15 is 0 Å². The summed E-state index contributed by atoms with van der Waals surface area (Å²) in [6.07, 6.45) is 0.158. The number of nitrogens with one attached hydrogen (secondary N) is 1. The number of nitrogens with zero attached hydrogens (tertiary/aromatic N) is 2. The zero-order valence-corrected chi connectivity index (χ0v) is 26.6. The normalized spacial score (nSPS) is 11.9. The quantitative estimate of drug-likeness (QED) is 0.198. The van der Waals surface area contributed by atoms with Crippen molar-refractivity contribution < 1.29 is 18.0 Å². The van der Waals surface area contributed by atoms with Gasteiger partial charge in [0.25, 0.3) is 10.0 Å². The second-order valence-corrected chi connectivity index (χ2v) is 12.9. The van der Waals surface area contributed by atoms with Gasteiger partial charge in [-0.1, -0.05) is 101 Å². The SMILES string of the molecule is CNC(=O)C(Cc1ccccc1)N(Cc1c(Cl)cccc1Cl)C(=O)CN(c1ccccc1Cl)S(=O)(=O)c1ccc(C)cc1. The van der Waals surface area contributed by atoms with Crippen molar-refractivity contribution in [3.05, 3.63) is 129 Å². The van der Waals surface area contributed by atoms with Gasteiger partial charge in [0.2, 0.25) is 11.8 Å². The van der Waals surface area contributed by atoms with Crippen molar-refractivity contribution in [1.82, 2.24) is 10.2 Å². The highest BCUT2D eigenvalue weighted by Gasteiger charge is 2.35. The Hall–Kier alpha value is -3.56. The molecule has 0 aliphatic carbocycles. The molecule has 0 aliphatic heterocycles. The number of anilines is 1. The van der Waals surface area contributed by atoms with Crippen LogP contribution in [0.5, 0.6) is 0 Å². The topological polar surface area (TPSA) is 86.8 Å². The van der Waals surface area contributed by atoms with Crippen LogP contribution in [0, 0.1) is 6.92 Å². The summed E-state index contributed by atoms with van der Waals surface area (Å²) in [5, 5.41) is 3.38. The molecule has 0 heterocycles. The van der Waals surface area contributed by atoms with Gasteiger partial charge in [0.15, 0.2) is 0 Å². The van der Waals surface area contributed by atoms with Gasteiger partial charge >= 0.3 is 0 Å². The first kappa shape index (κ1) is 32.4. The summed E-state index contributed by atoms with van der Waals surface area (Å²) in [5.74, 6) is -1.10. The second-order valence-electron chi connectivity index (χ2n) is 9.82. The molecule has 0 bridgehead atoms. The maximum Gasteiger partial charge on any atom is 0.264 e. The number of aryl methyl sites for hydroxylation is 1. The molecule has 0 aromatic heterocycles. The van der Waals surface area contributed by atoms with Crippen molar-refractivity contribution >= 4 is 62.3 Å². The van der Waals surface area contributed by atoms with Crippen LogP contribution in [0.25, 0.3) is 0 Å². The Balaban J connectivity index is 1.83. The summed E-state index contributed by atoms with van der Waals surface area (Å²) in [6, 6.07) is 25.8. The molecule has 0 fully saturated rings. The van der Waals surface area contributed by atoms with Crippen molar-refractivity contribution in [3.8, 4) is 0 Å². The Bertz CT molecular complexity index is 1680. The molecule has 4 rings (SSSR count). The Morgan fingerprint density at radius 1 is 0.791 bits per heavy atom. The van der Waals surface area contributed by atoms with Crippen molar-refractivity contribution in [2.45, 2.75) is 30.8 Å². The minimum absolute atomic E-state index is 0.0151. The van der Waals surface area contributed by atoms with E-state index in [0.29, 0.717) is 15.6 Å². The Labute approximate surface area is 267 Å². The van der Waals surface area contributed by atoms with Crippen molar-refractivity contribution in [3.63, 3.8) is 0 Å². The fraction of sp³-hybridized carbons (Fsp3) is 0.188. The van der Waals surface area contributed by atoms with Crippen LogP contribution in [0.15, 0.2) is 102 Å². The van der Waals surface area contributed by atoms with Gasteiger partial charge < -0.3 is 10.2 Å². The fourth-order valence-electron chi connectivity index (χ4n) is 4.58. The minimum Gasteiger partial charge on any atom is -0.357 e. The maximum atomic E-state index is 14.4. The molecule has 0 aliphatic rings.